The average Bonchev–Trinajstić information content (AvgIpc) is 3.11. The first-order valence-electron chi connectivity index (χ1n) is 8.21. The number of ether oxygens (including phenoxy) is 2. The molecule has 0 radical (unpaired) electrons. The SMILES string of the molecule is CC(C)(C)OC(=O)N1CC(C(=O)O)C(c2ccc3c(c2)CCO3)C1. The molecule has 1 aromatic carbocycles. The van der Waals surface area contributed by atoms with Crippen molar-refractivity contribution in [3.05, 3.63) is 29.3 Å². The van der Waals surface area contributed by atoms with Gasteiger partial charge in [0, 0.05) is 25.4 Å². The van der Waals surface area contributed by atoms with Crippen molar-refractivity contribution in [3.63, 3.8) is 0 Å². The van der Waals surface area contributed by atoms with Crippen LogP contribution in [0.25, 0.3) is 0 Å². The van der Waals surface area contributed by atoms with E-state index in [9.17, 15) is 14.7 Å². The van der Waals surface area contributed by atoms with Crippen LogP contribution in [0.15, 0.2) is 18.2 Å². The van der Waals surface area contributed by atoms with E-state index in [0.29, 0.717) is 13.2 Å². The van der Waals surface area contributed by atoms with Crippen LogP contribution in [0.1, 0.15) is 37.8 Å². The molecule has 0 spiro atoms. The van der Waals surface area contributed by atoms with Gasteiger partial charge in [0.2, 0.25) is 0 Å². The van der Waals surface area contributed by atoms with Gasteiger partial charge in [-0.25, -0.2) is 4.79 Å². The van der Waals surface area contributed by atoms with Crippen LogP contribution in [0.3, 0.4) is 0 Å². The zero-order valence-corrected chi connectivity index (χ0v) is 14.2. The molecule has 2 unspecified atom stereocenters. The quantitative estimate of drug-likeness (QED) is 0.900. The minimum absolute atomic E-state index is 0.169. The summed E-state index contributed by atoms with van der Waals surface area (Å²) < 4.78 is 10.9. The summed E-state index contributed by atoms with van der Waals surface area (Å²) in [4.78, 5) is 25.5. The first kappa shape index (κ1) is 16.6. The fourth-order valence-electron chi connectivity index (χ4n) is 3.30. The number of carboxylic acid groups (broad SMARTS) is 1. The van der Waals surface area contributed by atoms with E-state index in [2.05, 4.69) is 0 Å². The van der Waals surface area contributed by atoms with Gasteiger partial charge in [-0.15, -0.1) is 0 Å². The second kappa shape index (κ2) is 6.00. The van der Waals surface area contributed by atoms with E-state index in [4.69, 9.17) is 9.47 Å². The van der Waals surface area contributed by atoms with Crippen molar-refractivity contribution in [3.8, 4) is 5.75 Å². The normalized spacial score (nSPS) is 22.9. The summed E-state index contributed by atoms with van der Waals surface area (Å²) in [6.07, 6.45) is 0.379. The molecule has 24 heavy (non-hydrogen) atoms. The lowest BCUT2D eigenvalue weighted by molar-refractivity contribution is -0.141. The summed E-state index contributed by atoms with van der Waals surface area (Å²) in [7, 11) is 0. The Morgan fingerprint density at radius 3 is 2.71 bits per heavy atom. The number of hydrogen-bond acceptors (Lipinski definition) is 4. The molecule has 2 aliphatic rings. The molecule has 1 fully saturated rings. The van der Waals surface area contributed by atoms with Crippen molar-refractivity contribution < 1.29 is 24.2 Å². The smallest absolute Gasteiger partial charge is 0.410 e. The van der Waals surface area contributed by atoms with Crippen LogP contribution in [-0.4, -0.2) is 47.4 Å². The highest BCUT2D eigenvalue weighted by molar-refractivity contribution is 5.76. The maximum atomic E-state index is 12.3. The Labute approximate surface area is 141 Å². The summed E-state index contributed by atoms with van der Waals surface area (Å²) in [5.74, 6) is -0.880. The lowest BCUT2D eigenvalue weighted by Crippen LogP contribution is -2.35. The number of benzene rings is 1. The van der Waals surface area contributed by atoms with Gasteiger partial charge in [0.05, 0.1) is 12.5 Å². The van der Waals surface area contributed by atoms with Crippen molar-refractivity contribution in [1.29, 1.82) is 0 Å². The van der Waals surface area contributed by atoms with Gasteiger partial charge in [0.25, 0.3) is 0 Å². The van der Waals surface area contributed by atoms with Gasteiger partial charge in [0.15, 0.2) is 0 Å². The Bertz CT molecular complexity index is 664. The van der Waals surface area contributed by atoms with Crippen molar-refractivity contribution in [2.45, 2.75) is 38.7 Å². The third kappa shape index (κ3) is 3.32. The Morgan fingerprint density at radius 1 is 1.29 bits per heavy atom. The number of rotatable bonds is 2. The Balaban J connectivity index is 1.81. The summed E-state index contributed by atoms with van der Waals surface area (Å²) in [6, 6.07) is 5.82. The summed E-state index contributed by atoms with van der Waals surface area (Å²) in [5.41, 5.74) is 1.45. The summed E-state index contributed by atoms with van der Waals surface area (Å²) in [6.45, 7) is 6.58. The number of fused-ring (bicyclic) bond motifs is 1. The maximum Gasteiger partial charge on any atom is 0.410 e. The third-order valence-electron chi connectivity index (χ3n) is 4.43. The van der Waals surface area contributed by atoms with Gasteiger partial charge in [0.1, 0.15) is 11.4 Å². The predicted molar refractivity (Wildman–Crippen MR) is 87.3 cm³/mol. The van der Waals surface area contributed by atoms with E-state index in [1.54, 1.807) is 20.8 Å². The number of carbonyl (C=O) groups excluding carboxylic acids is 1. The topological polar surface area (TPSA) is 76.1 Å². The van der Waals surface area contributed by atoms with Crippen molar-refractivity contribution in [2.75, 3.05) is 19.7 Å². The molecule has 1 aromatic rings. The average molecular weight is 333 g/mol. The fourth-order valence-corrected chi connectivity index (χ4v) is 3.30. The van der Waals surface area contributed by atoms with E-state index in [-0.39, 0.29) is 12.5 Å². The molecular formula is C18H23NO5. The second-order valence-electron chi connectivity index (χ2n) is 7.40. The first-order valence-corrected chi connectivity index (χ1v) is 8.21. The van der Waals surface area contributed by atoms with E-state index in [1.807, 2.05) is 18.2 Å². The summed E-state index contributed by atoms with van der Waals surface area (Å²) >= 11 is 0. The number of amides is 1. The van der Waals surface area contributed by atoms with E-state index in [0.717, 1.165) is 23.3 Å². The van der Waals surface area contributed by atoms with Crippen LogP contribution in [0.5, 0.6) is 5.75 Å². The molecule has 3 rings (SSSR count). The number of carbonyl (C=O) groups is 2. The maximum absolute atomic E-state index is 12.3. The molecule has 6 nitrogen and oxygen atoms in total. The molecule has 0 aromatic heterocycles. The van der Waals surface area contributed by atoms with Crippen LogP contribution in [0.2, 0.25) is 0 Å². The molecule has 2 aliphatic heterocycles. The number of hydrogen-bond donors (Lipinski definition) is 1. The minimum atomic E-state index is -0.886. The second-order valence-corrected chi connectivity index (χ2v) is 7.40. The van der Waals surface area contributed by atoms with Crippen molar-refractivity contribution in [2.24, 2.45) is 5.92 Å². The fraction of sp³-hybridized carbons (Fsp3) is 0.556. The minimum Gasteiger partial charge on any atom is -0.493 e. The highest BCUT2D eigenvalue weighted by Crippen LogP contribution is 2.36. The third-order valence-corrected chi connectivity index (χ3v) is 4.43. The Kier molecular flexibility index (Phi) is 4.15. The van der Waals surface area contributed by atoms with E-state index < -0.39 is 23.6 Å². The Morgan fingerprint density at radius 2 is 2.04 bits per heavy atom. The van der Waals surface area contributed by atoms with Crippen molar-refractivity contribution >= 4 is 12.1 Å². The number of likely N-dealkylation sites (tertiary alicyclic amines) is 1. The standard InChI is InChI=1S/C18H23NO5/c1-18(2,3)24-17(22)19-9-13(14(10-19)16(20)21)11-4-5-15-12(8-11)6-7-23-15/h4-5,8,13-14H,6-7,9-10H2,1-3H3,(H,20,21). The highest BCUT2D eigenvalue weighted by atomic mass is 16.6. The number of carboxylic acids is 1. The van der Waals surface area contributed by atoms with Gasteiger partial charge in [-0.2, -0.15) is 0 Å². The van der Waals surface area contributed by atoms with E-state index in [1.165, 1.54) is 4.90 Å². The van der Waals surface area contributed by atoms with Gasteiger partial charge in [-0.05, 0) is 38.0 Å². The van der Waals surface area contributed by atoms with Gasteiger partial charge in [-0.1, -0.05) is 12.1 Å². The van der Waals surface area contributed by atoms with Crippen LogP contribution in [0, 0.1) is 5.92 Å². The molecule has 2 heterocycles. The number of aliphatic carboxylic acids is 1. The lowest BCUT2D eigenvalue weighted by atomic mass is 9.88. The molecule has 1 saturated heterocycles. The molecule has 2 atom stereocenters. The molecule has 6 heteroatoms. The van der Waals surface area contributed by atoms with Crippen LogP contribution in [-0.2, 0) is 16.0 Å². The molecular weight excluding hydrogens is 310 g/mol. The van der Waals surface area contributed by atoms with Gasteiger partial charge < -0.3 is 19.5 Å². The van der Waals surface area contributed by atoms with Crippen LogP contribution in [0.4, 0.5) is 4.79 Å². The van der Waals surface area contributed by atoms with Gasteiger partial charge >= 0.3 is 12.1 Å². The molecule has 0 aliphatic carbocycles. The first-order chi connectivity index (χ1) is 11.2. The monoisotopic (exact) mass is 333 g/mol. The lowest BCUT2D eigenvalue weighted by Gasteiger charge is -2.24. The predicted octanol–water partition coefficient (Wildman–Crippen LogP) is 2.66. The number of nitrogens with zero attached hydrogens (tertiary/aromatic N) is 1. The zero-order chi connectivity index (χ0) is 17.5. The molecule has 130 valence electrons. The summed E-state index contributed by atoms with van der Waals surface area (Å²) in [5, 5.41) is 9.57. The Hall–Kier alpha value is -2.24. The van der Waals surface area contributed by atoms with E-state index >= 15 is 0 Å². The van der Waals surface area contributed by atoms with Gasteiger partial charge in [-0.3, -0.25) is 4.79 Å². The van der Waals surface area contributed by atoms with Crippen LogP contribution < -0.4 is 4.74 Å². The molecule has 0 bridgehead atoms. The molecule has 0 saturated carbocycles. The van der Waals surface area contributed by atoms with Crippen LogP contribution >= 0.6 is 0 Å². The zero-order valence-electron chi connectivity index (χ0n) is 14.2. The van der Waals surface area contributed by atoms with Crippen molar-refractivity contribution in [1.82, 2.24) is 4.90 Å². The largest absolute Gasteiger partial charge is 0.493 e. The molecule has 1 amide bonds. The molecule has 1 N–H and O–H groups in total. The highest BCUT2D eigenvalue weighted by Gasteiger charge is 2.42.